The minimum atomic E-state index is -0.646. The number of hydrogen-bond acceptors (Lipinski definition) is 6. The maximum atomic E-state index is 12.3. The van der Waals surface area contributed by atoms with E-state index >= 15 is 0 Å². The van der Waals surface area contributed by atoms with Crippen LogP contribution in [-0.4, -0.2) is 23.2 Å². The third-order valence-electron chi connectivity index (χ3n) is 3.51. The molecule has 0 fully saturated rings. The van der Waals surface area contributed by atoms with Crippen LogP contribution in [0.3, 0.4) is 0 Å². The highest BCUT2D eigenvalue weighted by Gasteiger charge is 2.21. The van der Waals surface area contributed by atoms with Gasteiger partial charge in [0.15, 0.2) is 6.10 Å². The van der Waals surface area contributed by atoms with Crippen LogP contribution in [0, 0.1) is 0 Å². The summed E-state index contributed by atoms with van der Waals surface area (Å²) in [4.78, 5) is 12.3. The first-order valence-corrected chi connectivity index (χ1v) is 7.55. The number of esters is 1. The van der Waals surface area contributed by atoms with E-state index < -0.39 is 12.1 Å². The molecule has 1 unspecified atom stereocenters. The van der Waals surface area contributed by atoms with E-state index in [-0.39, 0.29) is 5.89 Å². The average molecular weight is 323 g/mol. The van der Waals surface area contributed by atoms with E-state index in [9.17, 15) is 4.79 Å². The summed E-state index contributed by atoms with van der Waals surface area (Å²) in [5, 5.41) is 10.9. The van der Waals surface area contributed by atoms with Crippen molar-refractivity contribution in [2.45, 2.75) is 13.0 Å². The van der Waals surface area contributed by atoms with Gasteiger partial charge in [-0.15, -0.1) is 10.2 Å². The molecule has 0 saturated carbocycles. The topological polar surface area (TPSA) is 77.2 Å². The molecule has 3 rings (SSSR count). The minimum Gasteiger partial charge on any atom is -0.449 e. The third-order valence-corrected chi connectivity index (χ3v) is 3.51. The predicted octanol–water partition coefficient (Wildman–Crippen LogP) is 3.70. The van der Waals surface area contributed by atoms with E-state index in [0.717, 1.165) is 5.56 Å². The number of hydrogen-bond donors (Lipinski definition) is 1. The van der Waals surface area contributed by atoms with E-state index in [1.807, 2.05) is 42.5 Å². The predicted molar refractivity (Wildman–Crippen MR) is 89.6 cm³/mol. The first-order chi connectivity index (χ1) is 11.7. The SMILES string of the molecule is CNc1ccccc1C(=O)OC(C)c1nnc(-c2ccccc2)o1. The van der Waals surface area contributed by atoms with Crippen molar-refractivity contribution in [2.75, 3.05) is 12.4 Å². The number of nitrogens with zero attached hydrogens (tertiary/aromatic N) is 2. The standard InChI is InChI=1S/C18H17N3O3/c1-12(23-18(22)14-10-6-7-11-15(14)19-2)16-20-21-17(24-16)13-8-4-3-5-9-13/h3-12,19H,1-2H3. The summed E-state index contributed by atoms with van der Waals surface area (Å²) in [5.74, 6) is 0.195. The summed E-state index contributed by atoms with van der Waals surface area (Å²) in [7, 11) is 1.75. The molecule has 1 heterocycles. The Hall–Kier alpha value is -3.15. The molecule has 1 atom stereocenters. The van der Waals surface area contributed by atoms with Gasteiger partial charge in [0.25, 0.3) is 5.89 Å². The molecular formula is C18H17N3O3. The molecule has 0 aliphatic rings. The van der Waals surface area contributed by atoms with Crippen molar-refractivity contribution in [3.8, 4) is 11.5 Å². The van der Waals surface area contributed by atoms with Crippen LogP contribution in [0.1, 0.15) is 29.3 Å². The highest BCUT2D eigenvalue weighted by Crippen LogP contribution is 2.24. The molecule has 0 saturated heterocycles. The van der Waals surface area contributed by atoms with Gasteiger partial charge >= 0.3 is 5.97 Å². The van der Waals surface area contributed by atoms with Crippen LogP contribution in [0.25, 0.3) is 11.5 Å². The first-order valence-electron chi connectivity index (χ1n) is 7.55. The number of ether oxygens (including phenoxy) is 1. The largest absolute Gasteiger partial charge is 0.449 e. The Morgan fingerprint density at radius 2 is 1.79 bits per heavy atom. The Labute approximate surface area is 139 Å². The molecule has 6 nitrogen and oxygen atoms in total. The number of benzene rings is 2. The lowest BCUT2D eigenvalue weighted by Crippen LogP contribution is -2.11. The van der Waals surface area contributed by atoms with Crippen LogP contribution in [-0.2, 0) is 4.74 Å². The van der Waals surface area contributed by atoms with Gasteiger partial charge in [0, 0.05) is 18.3 Å². The summed E-state index contributed by atoms with van der Waals surface area (Å²) in [5.41, 5.74) is 1.97. The second kappa shape index (κ2) is 6.95. The lowest BCUT2D eigenvalue weighted by molar-refractivity contribution is 0.0281. The van der Waals surface area contributed by atoms with Crippen molar-refractivity contribution in [3.63, 3.8) is 0 Å². The normalized spacial score (nSPS) is 11.8. The van der Waals surface area contributed by atoms with Crippen LogP contribution in [0.5, 0.6) is 0 Å². The van der Waals surface area contributed by atoms with E-state index in [4.69, 9.17) is 9.15 Å². The van der Waals surface area contributed by atoms with Gasteiger partial charge in [-0.25, -0.2) is 4.79 Å². The van der Waals surface area contributed by atoms with Crippen molar-refractivity contribution in [1.29, 1.82) is 0 Å². The molecule has 0 spiro atoms. The molecule has 1 N–H and O–H groups in total. The van der Waals surface area contributed by atoms with Gasteiger partial charge in [0.1, 0.15) is 0 Å². The number of carbonyl (C=O) groups excluding carboxylic acids is 1. The Kier molecular flexibility index (Phi) is 4.56. The molecular weight excluding hydrogens is 306 g/mol. The van der Waals surface area contributed by atoms with E-state index in [1.54, 1.807) is 26.1 Å². The quantitative estimate of drug-likeness (QED) is 0.721. The molecule has 0 radical (unpaired) electrons. The Morgan fingerprint density at radius 3 is 2.54 bits per heavy atom. The lowest BCUT2D eigenvalue weighted by atomic mass is 10.2. The fraction of sp³-hybridized carbons (Fsp3) is 0.167. The van der Waals surface area contributed by atoms with E-state index in [0.29, 0.717) is 17.1 Å². The molecule has 122 valence electrons. The van der Waals surface area contributed by atoms with Crippen LogP contribution in [0.15, 0.2) is 59.0 Å². The number of nitrogens with one attached hydrogen (secondary N) is 1. The monoisotopic (exact) mass is 323 g/mol. The molecule has 0 aliphatic carbocycles. The number of rotatable bonds is 5. The van der Waals surface area contributed by atoms with Crippen LogP contribution in [0.4, 0.5) is 5.69 Å². The van der Waals surface area contributed by atoms with Gasteiger partial charge in [-0.2, -0.15) is 0 Å². The maximum absolute atomic E-state index is 12.3. The van der Waals surface area contributed by atoms with Gasteiger partial charge < -0.3 is 14.5 Å². The van der Waals surface area contributed by atoms with Gasteiger partial charge in [-0.05, 0) is 31.2 Å². The van der Waals surface area contributed by atoms with E-state index in [1.165, 1.54) is 0 Å². The molecule has 6 heteroatoms. The molecule has 1 aromatic heterocycles. The van der Waals surface area contributed by atoms with E-state index in [2.05, 4.69) is 15.5 Å². The van der Waals surface area contributed by atoms with Gasteiger partial charge in [0.2, 0.25) is 5.89 Å². The lowest BCUT2D eigenvalue weighted by Gasteiger charge is -2.12. The van der Waals surface area contributed by atoms with Crippen molar-refractivity contribution < 1.29 is 13.9 Å². The zero-order chi connectivity index (χ0) is 16.9. The van der Waals surface area contributed by atoms with Crippen LogP contribution < -0.4 is 5.32 Å². The third kappa shape index (κ3) is 3.27. The van der Waals surface area contributed by atoms with Crippen molar-refractivity contribution in [3.05, 3.63) is 66.1 Å². The molecule has 24 heavy (non-hydrogen) atoms. The van der Waals surface area contributed by atoms with Gasteiger partial charge in [-0.1, -0.05) is 30.3 Å². The number of aromatic nitrogens is 2. The smallest absolute Gasteiger partial charge is 0.341 e. The summed E-state index contributed by atoms with van der Waals surface area (Å²) < 4.78 is 11.0. The highest BCUT2D eigenvalue weighted by molar-refractivity contribution is 5.95. The summed E-state index contributed by atoms with van der Waals surface area (Å²) in [6, 6.07) is 16.6. The first kappa shape index (κ1) is 15.7. The summed E-state index contributed by atoms with van der Waals surface area (Å²) in [6.07, 6.45) is -0.646. The van der Waals surface area contributed by atoms with Crippen LogP contribution >= 0.6 is 0 Å². The van der Waals surface area contributed by atoms with Gasteiger partial charge in [-0.3, -0.25) is 0 Å². The number of para-hydroxylation sites is 1. The molecule has 3 aromatic rings. The Balaban J connectivity index is 1.74. The van der Waals surface area contributed by atoms with Crippen molar-refractivity contribution in [2.24, 2.45) is 0 Å². The summed E-state index contributed by atoms with van der Waals surface area (Å²) >= 11 is 0. The highest BCUT2D eigenvalue weighted by atomic mass is 16.6. The molecule has 0 bridgehead atoms. The zero-order valence-corrected chi connectivity index (χ0v) is 13.4. The maximum Gasteiger partial charge on any atom is 0.341 e. The van der Waals surface area contributed by atoms with Crippen molar-refractivity contribution in [1.82, 2.24) is 10.2 Å². The van der Waals surface area contributed by atoms with Crippen molar-refractivity contribution >= 4 is 11.7 Å². The second-order valence-corrected chi connectivity index (χ2v) is 5.15. The molecule has 0 amide bonds. The minimum absolute atomic E-state index is 0.254. The fourth-order valence-corrected chi connectivity index (χ4v) is 2.25. The molecule has 0 aliphatic heterocycles. The summed E-state index contributed by atoms with van der Waals surface area (Å²) in [6.45, 7) is 1.70. The number of anilines is 1. The average Bonchev–Trinajstić information content (AvgIpc) is 3.12. The fourth-order valence-electron chi connectivity index (χ4n) is 2.25. The Morgan fingerprint density at radius 1 is 1.08 bits per heavy atom. The van der Waals surface area contributed by atoms with Gasteiger partial charge in [0.05, 0.1) is 5.56 Å². The Bertz CT molecular complexity index is 830. The van der Waals surface area contributed by atoms with Crippen LogP contribution in [0.2, 0.25) is 0 Å². The second-order valence-electron chi connectivity index (χ2n) is 5.15. The molecule has 2 aromatic carbocycles. The zero-order valence-electron chi connectivity index (χ0n) is 13.4. The number of carbonyl (C=O) groups is 1.